The van der Waals surface area contributed by atoms with Crippen LogP contribution in [0.25, 0.3) is 0 Å². The summed E-state index contributed by atoms with van der Waals surface area (Å²) in [5, 5.41) is 11.4. The van der Waals surface area contributed by atoms with E-state index in [4.69, 9.17) is 0 Å². The standard InChI is InChI=1S/C16H11BrF2N2O6/c1-26-15(22)8-5-3-4-6-20(13(8)16(23)27-2)14-10(21(24)25)7-9(18)12(19)11(14)17/h3-7H,1-2H3. The van der Waals surface area contributed by atoms with Gasteiger partial charge in [0.15, 0.2) is 11.6 Å². The fourth-order valence-corrected chi connectivity index (χ4v) is 2.86. The summed E-state index contributed by atoms with van der Waals surface area (Å²) >= 11 is 2.78. The van der Waals surface area contributed by atoms with E-state index in [1.54, 1.807) is 0 Å². The van der Waals surface area contributed by atoms with Crippen LogP contribution in [0.15, 0.2) is 46.2 Å². The Bertz CT molecular complexity index is 926. The Morgan fingerprint density at radius 2 is 1.81 bits per heavy atom. The summed E-state index contributed by atoms with van der Waals surface area (Å²) < 4.78 is 36.4. The van der Waals surface area contributed by atoms with E-state index in [-0.39, 0.29) is 5.57 Å². The van der Waals surface area contributed by atoms with E-state index < -0.39 is 50.0 Å². The topological polar surface area (TPSA) is 99.0 Å². The van der Waals surface area contributed by atoms with Gasteiger partial charge in [0.1, 0.15) is 11.4 Å². The van der Waals surface area contributed by atoms with Crippen molar-refractivity contribution in [3.63, 3.8) is 0 Å². The Kier molecular flexibility index (Phi) is 6.05. The number of carbonyl (C=O) groups excluding carboxylic acids is 2. The number of carbonyl (C=O) groups is 2. The summed E-state index contributed by atoms with van der Waals surface area (Å²) in [6.45, 7) is 0. The number of anilines is 1. The molecule has 0 N–H and O–H groups in total. The lowest BCUT2D eigenvalue weighted by Crippen LogP contribution is -2.28. The number of esters is 2. The highest BCUT2D eigenvalue weighted by Gasteiger charge is 2.34. The van der Waals surface area contributed by atoms with Gasteiger partial charge in [0, 0.05) is 6.20 Å². The van der Waals surface area contributed by atoms with Crippen LogP contribution in [0.4, 0.5) is 20.2 Å². The van der Waals surface area contributed by atoms with Crippen LogP contribution in [0.1, 0.15) is 0 Å². The van der Waals surface area contributed by atoms with Crippen LogP contribution in [0, 0.1) is 21.7 Å². The third-order valence-electron chi connectivity index (χ3n) is 3.44. The molecule has 0 amide bonds. The molecule has 8 nitrogen and oxygen atoms in total. The maximum atomic E-state index is 14.1. The van der Waals surface area contributed by atoms with Gasteiger partial charge in [0.25, 0.3) is 5.69 Å². The van der Waals surface area contributed by atoms with Crippen molar-refractivity contribution in [3.05, 3.63) is 68.0 Å². The molecule has 1 aliphatic rings. The molecule has 0 spiro atoms. The monoisotopic (exact) mass is 444 g/mol. The predicted molar refractivity (Wildman–Crippen MR) is 92.5 cm³/mol. The number of methoxy groups -OCH3 is 2. The smallest absolute Gasteiger partial charge is 0.355 e. The number of nitrogens with zero attached hydrogens (tertiary/aromatic N) is 2. The fraction of sp³-hybridized carbons (Fsp3) is 0.125. The minimum atomic E-state index is -1.47. The third-order valence-corrected chi connectivity index (χ3v) is 4.17. The number of hydrogen-bond donors (Lipinski definition) is 0. The number of benzene rings is 1. The first-order valence-corrected chi connectivity index (χ1v) is 7.90. The lowest BCUT2D eigenvalue weighted by molar-refractivity contribution is -0.384. The second-order valence-corrected chi connectivity index (χ2v) is 5.72. The molecule has 1 aliphatic heterocycles. The summed E-state index contributed by atoms with van der Waals surface area (Å²) in [7, 11) is 2.09. The number of allylic oxidation sites excluding steroid dienone is 2. The van der Waals surface area contributed by atoms with Crippen molar-refractivity contribution in [3.8, 4) is 0 Å². The van der Waals surface area contributed by atoms with E-state index in [9.17, 15) is 28.5 Å². The summed E-state index contributed by atoms with van der Waals surface area (Å²) in [6.07, 6.45) is 5.06. The van der Waals surface area contributed by atoms with Crippen molar-refractivity contribution in [1.82, 2.24) is 0 Å². The zero-order chi connectivity index (χ0) is 20.3. The lowest BCUT2D eigenvalue weighted by atomic mass is 10.1. The zero-order valence-corrected chi connectivity index (χ0v) is 15.5. The molecule has 0 saturated heterocycles. The third kappa shape index (κ3) is 3.72. The molecule has 0 aromatic heterocycles. The zero-order valence-electron chi connectivity index (χ0n) is 13.9. The molecular weight excluding hydrogens is 434 g/mol. The maximum absolute atomic E-state index is 14.1. The normalized spacial score (nSPS) is 13.4. The fourth-order valence-electron chi connectivity index (χ4n) is 2.28. The van der Waals surface area contributed by atoms with Crippen LogP contribution in [-0.4, -0.2) is 31.1 Å². The molecule has 1 heterocycles. The number of nitro benzene ring substituents is 1. The quantitative estimate of drug-likeness (QED) is 0.304. The molecule has 0 aliphatic carbocycles. The van der Waals surface area contributed by atoms with Gasteiger partial charge in [-0.3, -0.25) is 10.1 Å². The average molecular weight is 445 g/mol. The van der Waals surface area contributed by atoms with Gasteiger partial charge >= 0.3 is 11.9 Å². The Morgan fingerprint density at radius 1 is 1.19 bits per heavy atom. The van der Waals surface area contributed by atoms with Gasteiger partial charge in [-0.15, -0.1) is 0 Å². The van der Waals surface area contributed by atoms with Crippen molar-refractivity contribution >= 4 is 39.2 Å². The van der Waals surface area contributed by atoms with Crippen molar-refractivity contribution in [2.75, 3.05) is 19.1 Å². The second-order valence-electron chi connectivity index (χ2n) is 4.93. The molecule has 142 valence electrons. The van der Waals surface area contributed by atoms with E-state index in [1.807, 2.05) is 0 Å². The SMILES string of the molecule is COC(=O)C1=C(C(=O)OC)N(c2c([N+](=O)[O-])cc(F)c(F)c2Br)C=CC=C1. The molecule has 0 saturated carbocycles. The van der Waals surface area contributed by atoms with Gasteiger partial charge in [-0.25, -0.2) is 18.4 Å². The van der Waals surface area contributed by atoms with E-state index in [1.165, 1.54) is 18.2 Å². The van der Waals surface area contributed by atoms with Crippen molar-refractivity contribution in [1.29, 1.82) is 0 Å². The molecule has 0 radical (unpaired) electrons. The second kappa shape index (κ2) is 8.08. The molecule has 0 atom stereocenters. The molecule has 1 aromatic rings. The molecule has 1 aromatic carbocycles. The van der Waals surface area contributed by atoms with Gasteiger partial charge < -0.3 is 14.4 Å². The van der Waals surface area contributed by atoms with Gasteiger partial charge in [0.05, 0.1) is 35.3 Å². The number of nitro groups is 1. The number of ether oxygens (including phenoxy) is 2. The molecule has 0 unspecified atom stereocenters. The van der Waals surface area contributed by atoms with E-state index in [0.717, 1.165) is 25.3 Å². The Balaban J connectivity index is 2.91. The van der Waals surface area contributed by atoms with Gasteiger partial charge in [0.2, 0.25) is 0 Å². The molecule has 11 heteroatoms. The minimum Gasteiger partial charge on any atom is -0.465 e. The van der Waals surface area contributed by atoms with E-state index >= 15 is 0 Å². The van der Waals surface area contributed by atoms with Crippen molar-refractivity contribution in [2.24, 2.45) is 0 Å². The Morgan fingerprint density at radius 3 is 2.37 bits per heavy atom. The highest BCUT2D eigenvalue weighted by atomic mass is 79.9. The van der Waals surface area contributed by atoms with Crippen LogP contribution < -0.4 is 4.90 Å². The highest BCUT2D eigenvalue weighted by Crippen LogP contribution is 2.42. The van der Waals surface area contributed by atoms with Crippen LogP contribution in [0.5, 0.6) is 0 Å². The average Bonchev–Trinajstić information content (AvgIpc) is 2.87. The predicted octanol–water partition coefficient (Wildman–Crippen LogP) is 3.13. The first-order chi connectivity index (χ1) is 12.7. The van der Waals surface area contributed by atoms with Gasteiger partial charge in [-0.05, 0) is 28.1 Å². The van der Waals surface area contributed by atoms with Crippen molar-refractivity contribution in [2.45, 2.75) is 0 Å². The summed E-state index contributed by atoms with van der Waals surface area (Å²) in [6, 6.07) is 0.369. The largest absolute Gasteiger partial charge is 0.465 e. The molecule has 27 heavy (non-hydrogen) atoms. The number of hydrogen-bond acceptors (Lipinski definition) is 7. The summed E-state index contributed by atoms with van der Waals surface area (Å²) in [5.74, 6) is -4.88. The van der Waals surface area contributed by atoms with E-state index in [2.05, 4.69) is 25.4 Å². The molecule has 0 bridgehead atoms. The molecular formula is C16H11BrF2N2O6. The Hall–Kier alpha value is -3.08. The summed E-state index contributed by atoms with van der Waals surface area (Å²) in [5.41, 5.74) is -2.15. The van der Waals surface area contributed by atoms with Crippen molar-refractivity contribution < 1.29 is 32.8 Å². The van der Waals surface area contributed by atoms with Crippen LogP contribution in [0.2, 0.25) is 0 Å². The van der Waals surface area contributed by atoms with Gasteiger partial charge in [-0.2, -0.15) is 0 Å². The molecule has 0 fully saturated rings. The van der Waals surface area contributed by atoms with Crippen LogP contribution in [0.3, 0.4) is 0 Å². The Labute approximate surface area is 159 Å². The summed E-state index contributed by atoms with van der Waals surface area (Å²) in [4.78, 5) is 35.7. The minimum absolute atomic E-state index is 0.305. The molecule has 2 rings (SSSR count). The number of rotatable bonds is 4. The maximum Gasteiger partial charge on any atom is 0.355 e. The first-order valence-electron chi connectivity index (χ1n) is 7.11. The van der Waals surface area contributed by atoms with Crippen LogP contribution >= 0.6 is 15.9 Å². The first kappa shape index (κ1) is 20.2. The number of halogens is 3. The van der Waals surface area contributed by atoms with E-state index in [0.29, 0.717) is 6.07 Å². The van der Waals surface area contributed by atoms with Crippen LogP contribution in [-0.2, 0) is 19.1 Å². The lowest BCUT2D eigenvalue weighted by Gasteiger charge is -2.24. The van der Waals surface area contributed by atoms with Gasteiger partial charge in [-0.1, -0.05) is 6.08 Å². The highest BCUT2D eigenvalue weighted by molar-refractivity contribution is 9.10.